The van der Waals surface area contributed by atoms with Crippen molar-refractivity contribution in [1.29, 1.82) is 0 Å². The first-order valence-corrected chi connectivity index (χ1v) is 23.8. The molecule has 3 N–H and O–H groups in total. The minimum absolute atomic E-state index is 0.0675. The Labute approximate surface area is 372 Å². The van der Waals surface area contributed by atoms with Crippen molar-refractivity contribution < 1.29 is 32.3 Å². The Bertz CT molecular complexity index is 2410. The lowest BCUT2D eigenvalue weighted by Gasteiger charge is -2.33. The number of ether oxygens (including phenoxy) is 1. The summed E-state index contributed by atoms with van der Waals surface area (Å²) in [6.07, 6.45) is 13.4. The Morgan fingerprint density at radius 2 is 1.73 bits per heavy atom. The lowest BCUT2D eigenvalue weighted by Crippen LogP contribution is -2.54. The minimum atomic E-state index is -3.53. The van der Waals surface area contributed by atoms with Gasteiger partial charge in [-0.2, -0.15) is 4.98 Å². The summed E-state index contributed by atoms with van der Waals surface area (Å²) < 4.78 is 33.8. The van der Waals surface area contributed by atoms with E-state index in [4.69, 9.17) is 16.3 Å². The van der Waals surface area contributed by atoms with Gasteiger partial charge in [-0.15, -0.1) is 5.10 Å². The zero-order valence-electron chi connectivity index (χ0n) is 35.7. The largest absolute Gasteiger partial charge is 0.493 e. The van der Waals surface area contributed by atoms with E-state index >= 15 is 0 Å². The number of amides is 4. The van der Waals surface area contributed by atoms with Gasteiger partial charge < -0.3 is 20.3 Å². The molecule has 2 aromatic heterocycles. The number of benzene rings is 2. The molecule has 7 rings (SSSR count). The van der Waals surface area contributed by atoms with Crippen molar-refractivity contribution in [1.82, 2.24) is 40.1 Å². The summed E-state index contributed by atoms with van der Waals surface area (Å²) in [6.45, 7) is 7.36. The zero-order valence-corrected chi connectivity index (χ0v) is 37.3. The summed E-state index contributed by atoms with van der Waals surface area (Å²) >= 11 is 6.45. The number of para-hydroxylation sites is 1. The fraction of sp³-hybridized carbons (Fsp3) is 0.500. The van der Waals surface area contributed by atoms with Gasteiger partial charge >= 0.3 is 0 Å². The molecule has 0 aliphatic carbocycles. The van der Waals surface area contributed by atoms with Crippen LogP contribution in [0.4, 0.5) is 17.5 Å². The van der Waals surface area contributed by atoms with Crippen LogP contribution >= 0.6 is 11.6 Å². The molecule has 17 nitrogen and oxygen atoms in total. The molecule has 2 fully saturated rings. The van der Waals surface area contributed by atoms with Crippen molar-refractivity contribution in [2.45, 2.75) is 120 Å². The van der Waals surface area contributed by atoms with Gasteiger partial charge in [-0.25, -0.2) is 13.4 Å². The van der Waals surface area contributed by atoms with E-state index in [0.717, 1.165) is 101 Å². The topological polar surface area (TPSA) is 211 Å². The SMILES string of the molecule is CC(C)S(=O)(=O)c1ccccc1Nc1nc(N[C@@H]2CCCN(CCCCc3cn(CCCCCCCOc4cccc5c4C(=O)N(C4CCC(=O)NC4=O)C5=O)nn3)C2)ncc1Cl. The van der Waals surface area contributed by atoms with Gasteiger partial charge in [-0.05, 0) is 103 Å². The molecular weight excluding hydrogens is 848 g/mol. The van der Waals surface area contributed by atoms with Crippen molar-refractivity contribution in [2.75, 3.05) is 36.9 Å². The van der Waals surface area contributed by atoms with Crippen molar-refractivity contribution in [3.63, 3.8) is 0 Å². The van der Waals surface area contributed by atoms with E-state index in [-0.39, 0.29) is 39.9 Å². The fourth-order valence-electron chi connectivity index (χ4n) is 8.18. The van der Waals surface area contributed by atoms with Gasteiger partial charge in [0.05, 0.1) is 45.5 Å². The second kappa shape index (κ2) is 20.8. The number of aryl methyl sites for hydroxylation is 2. The number of hydrogen-bond donors (Lipinski definition) is 3. The molecule has 4 amide bonds. The van der Waals surface area contributed by atoms with Gasteiger partial charge in [-0.3, -0.25) is 34.1 Å². The summed E-state index contributed by atoms with van der Waals surface area (Å²) in [6, 6.07) is 10.8. The molecule has 3 aliphatic heterocycles. The third-order valence-corrected chi connectivity index (χ3v) is 14.1. The summed E-state index contributed by atoms with van der Waals surface area (Å²) in [5.74, 6) is -1.08. The Morgan fingerprint density at radius 3 is 2.56 bits per heavy atom. The van der Waals surface area contributed by atoms with Gasteiger partial charge in [0.2, 0.25) is 17.8 Å². The molecule has 2 aromatic carbocycles. The first-order valence-electron chi connectivity index (χ1n) is 21.9. The smallest absolute Gasteiger partial charge is 0.266 e. The van der Waals surface area contributed by atoms with Crippen LogP contribution in [0.15, 0.2) is 59.8 Å². The van der Waals surface area contributed by atoms with E-state index in [1.165, 1.54) is 6.20 Å². The number of carbonyl (C=O) groups is 4. The average Bonchev–Trinajstić information content (AvgIpc) is 3.82. The maximum absolute atomic E-state index is 13.3. The van der Waals surface area contributed by atoms with Crippen LogP contribution in [0.1, 0.15) is 111 Å². The molecular formula is C44H55ClN10O7S. The number of piperidine rings is 2. The number of carbonyl (C=O) groups excluding carboxylic acids is 4. The number of aromatic nitrogens is 5. The van der Waals surface area contributed by atoms with Gasteiger partial charge in [-0.1, -0.05) is 54.3 Å². The standard InChI is InChI=1S/C44H55ClN10O7S/c1-29(2)63(60,61)37-19-7-6-17-34(37)48-40-33(45)26-46-44(50-40)47-30-15-13-23-53(27-30)22-10-8-14-31-28-54(52-51-31)24-9-4-3-5-11-25-62-36-18-12-16-32-39(36)43(59)55(42(32)58)35-20-21-38(56)49-41(35)57/h6-7,12,16-19,26,28-30,35H,3-5,8-11,13-15,20-25,27H2,1-2H3,(H,49,56,57)(H2,46,47,48,50)/t30-,35?/m1/s1. The second-order valence-corrected chi connectivity index (χ2v) is 19.4. The summed E-state index contributed by atoms with van der Waals surface area (Å²) in [5.41, 5.74) is 1.78. The van der Waals surface area contributed by atoms with E-state index in [2.05, 4.69) is 41.1 Å². The third-order valence-electron chi connectivity index (χ3n) is 11.6. The minimum Gasteiger partial charge on any atom is -0.493 e. The predicted molar refractivity (Wildman–Crippen MR) is 237 cm³/mol. The number of unbranched alkanes of at least 4 members (excludes halogenated alkanes) is 5. The lowest BCUT2D eigenvalue weighted by atomic mass is 10.0. The van der Waals surface area contributed by atoms with Crippen LogP contribution in [0, 0.1) is 0 Å². The van der Waals surface area contributed by atoms with Gasteiger partial charge in [0.15, 0.2) is 15.7 Å². The molecule has 0 spiro atoms. The molecule has 19 heteroatoms. The highest BCUT2D eigenvalue weighted by molar-refractivity contribution is 7.92. The summed E-state index contributed by atoms with van der Waals surface area (Å²) in [5, 5.41) is 17.3. The quantitative estimate of drug-likeness (QED) is 0.0650. The predicted octanol–water partition coefficient (Wildman–Crippen LogP) is 5.98. The lowest BCUT2D eigenvalue weighted by molar-refractivity contribution is -0.136. The number of nitrogens with zero attached hydrogens (tertiary/aromatic N) is 7. The molecule has 0 bridgehead atoms. The number of hydrogen-bond acceptors (Lipinski definition) is 14. The highest BCUT2D eigenvalue weighted by Gasteiger charge is 2.46. The van der Waals surface area contributed by atoms with Crippen LogP contribution in [-0.2, 0) is 32.4 Å². The second-order valence-electron chi connectivity index (χ2n) is 16.6. The van der Waals surface area contributed by atoms with Crippen LogP contribution in [0.2, 0.25) is 5.02 Å². The molecule has 0 saturated carbocycles. The average molecular weight is 904 g/mol. The first-order chi connectivity index (χ1) is 30.4. The van der Waals surface area contributed by atoms with Crippen LogP contribution in [0.3, 0.4) is 0 Å². The molecule has 336 valence electrons. The molecule has 3 aliphatic rings. The van der Waals surface area contributed by atoms with E-state index < -0.39 is 44.8 Å². The Kier molecular flexibility index (Phi) is 15.1. The van der Waals surface area contributed by atoms with Gasteiger partial charge in [0, 0.05) is 31.7 Å². The van der Waals surface area contributed by atoms with E-state index in [9.17, 15) is 27.6 Å². The van der Waals surface area contributed by atoms with E-state index in [1.807, 2.05) is 10.9 Å². The molecule has 2 saturated heterocycles. The molecule has 63 heavy (non-hydrogen) atoms. The van der Waals surface area contributed by atoms with E-state index in [0.29, 0.717) is 29.8 Å². The van der Waals surface area contributed by atoms with Crippen LogP contribution < -0.4 is 20.7 Å². The summed E-state index contributed by atoms with van der Waals surface area (Å²) in [7, 11) is -3.53. The van der Waals surface area contributed by atoms with Gasteiger partial charge in [0.25, 0.3) is 11.8 Å². The van der Waals surface area contributed by atoms with Crippen molar-refractivity contribution >= 4 is 62.5 Å². The number of fused-ring (bicyclic) bond motifs is 1. The number of rotatable bonds is 21. The maximum Gasteiger partial charge on any atom is 0.266 e. The molecule has 4 aromatic rings. The van der Waals surface area contributed by atoms with Crippen molar-refractivity contribution in [3.8, 4) is 5.75 Å². The third kappa shape index (κ3) is 11.2. The van der Waals surface area contributed by atoms with Crippen molar-refractivity contribution in [3.05, 3.63) is 76.7 Å². The number of halogens is 1. The highest BCUT2D eigenvalue weighted by Crippen LogP contribution is 2.34. The Balaban J connectivity index is 0.767. The van der Waals surface area contributed by atoms with Crippen LogP contribution in [0.5, 0.6) is 5.75 Å². The zero-order chi connectivity index (χ0) is 44.5. The first kappa shape index (κ1) is 45.6. The molecule has 1 unspecified atom stereocenters. The van der Waals surface area contributed by atoms with E-state index in [1.54, 1.807) is 56.3 Å². The molecule has 5 heterocycles. The monoisotopic (exact) mass is 902 g/mol. The number of sulfone groups is 1. The Hall–Kier alpha value is -5.46. The fourth-order valence-corrected chi connectivity index (χ4v) is 9.52. The van der Waals surface area contributed by atoms with Crippen LogP contribution in [-0.4, -0.2) is 110 Å². The van der Waals surface area contributed by atoms with Crippen molar-refractivity contribution in [2.24, 2.45) is 0 Å². The van der Waals surface area contributed by atoms with Crippen LogP contribution in [0.25, 0.3) is 0 Å². The molecule has 0 radical (unpaired) electrons. The number of nitrogens with one attached hydrogen (secondary N) is 3. The number of anilines is 3. The van der Waals surface area contributed by atoms with Gasteiger partial charge in [0.1, 0.15) is 16.8 Å². The Morgan fingerprint density at radius 1 is 0.937 bits per heavy atom. The molecule has 2 atom stereocenters. The number of imide groups is 2. The normalized spacial score (nSPS) is 18.2. The number of likely N-dealkylation sites (tertiary alicyclic amines) is 1. The maximum atomic E-state index is 13.3. The highest BCUT2D eigenvalue weighted by atomic mass is 35.5. The summed E-state index contributed by atoms with van der Waals surface area (Å²) in [4.78, 5) is 62.9.